The SMILES string of the molecule is Oc1cccc(Cl)c1CNc1cnc2ccccc2c1. The van der Waals surface area contributed by atoms with Crippen LogP contribution in [0.1, 0.15) is 5.56 Å². The monoisotopic (exact) mass is 284 g/mol. The first kappa shape index (κ1) is 12.8. The molecule has 0 fully saturated rings. The Morgan fingerprint density at radius 3 is 2.80 bits per heavy atom. The maximum atomic E-state index is 9.80. The molecule has 3 rings (SSSR count). The second kappa shape index (κ2) is 5.39. The largest absolute Gasteiger partial charge is 0.508 e. The predicted octanol–water partition coefficient (Wildman–Crippen LogP) is 4.21. The van der Waals surface area contributed by atoms with Crippen molar-refractivity contribution in [3.05, 3.63) is 65.3 Å². The maximum absolute atomic E-state index is 9.80. The van der Waals surface area contributed by atoms with E-state index in [1.807, 2.05) is 30.3 Å². The molecular formula is C16H13ClN2O. The third-order valence-electron chi connectivity index (χ3n) is 3.15. The number of phenols is 1. The molecule has 0 atom stereocenters. The number of pyridine rings is 1. The predicted molar refractivity (Wildman–Crippen MR) is 82.2 cm³/mol. The summed E-state index contributed by atoms with van der Waals surface area (Å²) in [5, 5.41) is 14.6. The number of rotatable bonds is 3. The Hall–Kier alpha value is -2.26. The van der Waals surface area contributed by atoms with E-state index in [0.29, 0.717) is 17.1 Å². The van der Waals surface area contributed by atoms with Crippen molar-refractivity contribution < 1.29 is 5.11 Å². The Bertz CT molecular complexity index is 738. The molecule has 0 amide bonds. The van der Waals surface area contributed by atoms with Crippen molar-refractivity contribution in [3.8, 4) is 5.75 Å². The van der Waals surface area contributed by atoms with Gasteiger partial charge >= 0.3 is 0 Å². The number of hydrogen-bond donors (Lipinski definition) is 2. The van der Waals surface area contributed by atoms with E-state index in [2.05, 4.69) is 10.3 Å². The molecule has 0 unspecified atom stereocenters. The van der Waals surface area contributed by atoms with Crippen molar-refractivity contribution in [1.82, 2.24) is 4.98 Å². The number of hydrogen-bond acceptors (Lipinski definition) is 3. The summed E-state index contributed by atoms with van der Waals surface area (Å²) < 4.78 is 0. The lowest BCUT2D eigenvalue weighted by molar-refractivity contribution is 0.469. The molecule has 2 N–H and O–H groups in total. The summed E-state index contributed by atoms with van der Waals surface area (Å²) in [6.07, 6.45) is 1.77. The fourth-order valence-electron chi connectivity index (χ4n) is 2.08. The summed E-state index contributed by atoms with van der Waals surface area (Å²) in [6, 6.07) is 15.1. The molecule has 0 aliphatic rings. The van der Waals surface area contributed by atoms with E-state index in [4.69, 9.17) is 11.6 Å². The van der Waals surface area contributed by atoms with Gasteiger partial charge in [0.15, 0.2) is 0 Å². The Morgan fingerprint density at radius 1 is 1.10 bits per heavy atom. The van der Waals surface area contributed by atoms with Crippen molar-refractivity contribution in [2.24, 2.45) is 0 Å². The van der Waals surface area contributed by atoms with Gasteiger partial charge in [-0.25, -0.2) is 0 Å². The lowest BCUT2D eigenvalue weighted by Crippen LogP contribution is -2.01. The van der Waals surface area contributed by atoms with Crippen LogP contribution in [0.15, 0.2) is 54.7 Å². The van der Waals surface area contributed by atoms with Crippen molar-refractivity contribution in [3.63, 3.8) is 0 Å². The highest BCUT2D eigenvalue weighted by atomic mass is 35.5. The second-order valence-electron chi connectivity index (χ2n) is 4.51. The molecule has 0 aliphatic carbocycles. The number of nitrogens with zero attached hydrogens (tertiary/aromatic N) is 1. The lowest BCUT2D eigenvalue weighted by atomic mass is 10.2. The Labute approximate surface area is 121 Å². The molecule has 3 nitrogen and oxygen atoms in total. The minimum Gasteiger partial charge on any atom is -0.508 e. The summed E-state index contributed by atoms with van der Waals surface area (Å²) >= 11 is 6.08. The van der Waals surface area contributed by atoms with E-state index < -0.39 is 0 Å². The fourth-order valence-corrected chi connectivity index (χ4v) is 2.32. The summed E-state index contributed by atoms with van der Waals surface area (Å²) in [5.74, 6) is 0.193. The molecule has 20 heavy (non-hydrogen) atoms. The molecule has 1 aromatic heterocycles. The first-order chi connectivity index (χ1) is 9.74. The molecule has 0 aliphatic heterocycles. The van der Waals surface area contributed by atoms with E-state index >= 15 is 0 Å². The number of fused-ring (bicyclic) bond motifs is 1. The number of para-hydroxylation sites is 1. The molecule has 0 radical (unpaired) electrons. The van der Waals surface area contributed by atoms with Crippen LogP contribution in [0.2, 0.25) is 5.02 Å². The number of nitrogens with one attached hydrogen (secondary N) is 1. The number of halogens is 1. The van der Waals surface area contributed by atoms with Gasteiger partial charge in [0.1, 0.15) is 5.75 Å². The van der Waals surface area contributed by atoms with E-state index in [0.717, 1.165) is 16.6 Å². The highest BCUT2D eigenvalue weighted by Crippen LogP contribution is 2.26. The minimum atomic E-state index is 0.193. The molecule has 3 aromatic rings. The Kier molecular flexibility index (Phi) is 3.44. The van der Waals surface area contributed by atoms with Crippen LogP contribution in [0, 0.1) is 0 Å². The highest BCUT2D eigenvalue weighted by Gasteiger charge is 2.06. The van der Waals surface area contributed by atoms with Gasteiger partial charge in [-0.1, -0.05) is 35.9 Å². The van der Waals surface area contributed by atoms with Gasteiger partial charge < -0.3 is 10.4 Å². The summed E-state index contributed by atoms with van der Waals surface area (Å²) in [4.78, 5) is 4.38. The summed E-state index contributed by atoms with van der Waals surface area (Å²) in [5.41, 5.74) is 2.53. The zero-order chi connectivity index (χ0) is 13.9. The summed E-state index contributed by atoms with van der Waals surface area (Å²) in [7, 11) is 0. The van der Waals surface area contributed by atoms with Crippen LogP contribution < -0.4 is 5.32 Å². The fraction of sp³-hybridized carbons (Fsp3) is 0.0625. The zero-order valence-electron chi connectivity index (χ0n) is 10.7. The van der Waals surface area contributed by atoms with E-state index in [-0.39, 0.29) is 5.75 Å². The smallest absolute Gasteiger partial charge is 0.122 e. The van der Waals surface area contributed by atoms with Crippen molar-refractivity contribution in [2.75, 3.05) is 5.32 Å². The van der Waals surface area contributed by atoms with E-state index in [1.54, 1.807) is 24.4 Å². The standard InChI is InChI=1S/C16H13ClN2O/c17-14-5-3-7-16(20)13(14)10-18-12-8-11-4-1-2-6-15(11)19-9-12/h1-9,18,20H,10H2. The number of aromatic hydroxyl groups is 1. The molecule has 2 aromatic carbocycles. The first-order valence-electron chi connectivity index (χ1n) is 6.29. The second-order valence-corrected chi connectivity index (χ2v) is 4.91. The van der Waals surface area contributed by atoms with E-state index in [9.17, 15) is 5.11 Å². The van der Waals surface area contributed by atoms with Crippen molar-refractivity contribution >= 4 is 28.2 Å². The third-order valence-corrected chi connectivity index (χ3v) is 3.51. The van der Waals surface area contributed by atoms with Gasteiger partial charge in [0.2, 0.25) is 0 Å². The number of anilines is 1. The average molecular weight is 285 g/mol. The van der Waals surface area contributed by atoms with Crippen LogP contribution in [0.3, 0.4) is 0 Å². The molecule has 0 saturated carbocycles. The normalized spacial score (nSPS) is 10.7. The van der Waals surface area contributed by atoms with E-state index in [1.165, 1.54) is 0 Å². The zero-order valence-corrected chi connectivity index (χ0v) is 11.4. The lowest BCUT2D eigenvalue weighted by Gasteiger charge is -2.10. The quantitative estimate of drug-likeness (QED) is 0.757. The summed E-state index contributed by atoms with van der Waals surface area (Å²) in [6.45, 7) is 0.450. The minimum absolute atomic E-state index is 0.193. The van der Waals surface area contributed by atoms with Gasteiger partial charge in [0.25, 0.3) is 0 Å². The van der Waals surface area contributed by atoms with Gasteiger partial charge in [-0.3, -0.25) is 4.98 Å². The van der Waals surface area contributed by atoms with Gasteiger partial charge in [-0.05, 0) is 24.3 Å². The van der Waals surface area contributed by atoms with Gasteiger partial charge in [0.05, 0.1) is 17.4 Å². The number of benzene rings is 2. The maximum Gasteiger partial charge on any atom is 0.122 e. The third kappa shape index (κ3) is 2.53. The van der Waals surface area contributed by atoms with Crippen LogP contribution in [0.5, 0.6) is 5.75 Å². The molecular weight excluding hydrogens is 272 g/mol. The van der Waals surface area contributed by atoms with Gasteiger partial charge in [0, 0.05) is 22.5 Å². The van der Waals surface area contributed by atoms with Gasteiger partial charge in [-0.2, -0.15) is 0 Å². The highest BCUT2D eigenvalue weighted by molar-refractivity contribution is 6.31. The van der Waals surface area contributed by atoms with Crippen LogP contribution in [-0.4, -0.2) is 10.1 Å². The van der Waals surface area contributed by atoms with Crippen molar-refractivity contribution in [2.45, 2.75) is 6.54 Å². The molecule has 4 heteroatoms. The van der Waals surface area contributed by atoms with Crippen LogP contribution in [0.25, 0.3) is 10.9 Å². The molecule has 100 valence electrons. The molecule has 0 spiro atoms. The Balaban J connectivity index is 1.83. The van der Waals surface area contributed by atoms with Crippen LogP contribution in [-0.2, 0) is 6.54 Å². The average Bonchev–Trinajstić information content (AvgIpc) is 2.46. The topological polar surface area (TPSA) is 45.1 Å². The van der Waals surface area contributed by atoms with Crippen LogP contribution in [0.4, 0.5) is 5.69 Å². The first-order valence-corrected chi connectivity index (χ1v) is 6.67. The van der Waals surface area contributed by atoms with Gasteiger partial charge in [-0.15, -0.1) is 0 Å². The molecule has 1 heterocycles. The molecule has 0 bridgehead atoms. The number of phenolic OH excluding ortho intramolecular Hbond substituents is 1. The molecule has 0 saturated heterocycles. The number of aromatic nitrogens is 1. The Morgan fingerprint density at radius 2 is 1.95 bits per heavy atom. The van der Waals surface area contributed by atoms with Crippen LogP contribution >= 0.6 is 11.6 Å². The van der Waals surface area contributed by atoms with Crippen molar-refractivity contribution in [1.29, 1.82) is 0 Å².